The molecule has 0 fully saturated rings. The van der Waals surface area contributed by atoms with Crippen molar-refractivity contribution in [1.29, 1.82) is 0 Å². The van der Waals surface area contributed by atoms with E-state index >= 15 is 0 Å². The van der Waals surface area contributed by atoms with Gasteiger partial charge in [0, 0.05) is 18.2 Å². The number of amides is 1. The molecule has 30 heavy (non-hydrogen) atoms. The van der Waals surface area contributed by atoms with E-state index in [2.05, 4.69) is 17.3 Å². The monoisotopic (exact) mass is 407 g/mol. The molecule has 0 radical (unpaired) electrons. The molecule has 3 aromatic rings. The van der Waals surface area contributed by atoms with E-state index in [9.17, 15) is 9.59 Å². The number of methoxy groups -OCH3 is 1. The molecule has 0 saturated carbocycles. The summed E-state index contributed by atoms with van der Waals surface area (Å²) in [5.41, 5.74) is 2.52. The third-order valence-electron chi connectivity index (χ3n) is 4.60. The van der Waals surface area contributed by atoms with Crippen molar-refractivity contribution in [2.75, 3.05) is 20.3 Å². The lowest BCUT2D eigenvalue weighted by atomic mass is 10.1. The molecule has 0 atom stereocenters. The number of carbonyl (C=O) groups is 1. The Bertz CT molecular complexity index is 1030. The minimum absolute atomic E-state index is 0.0836. The van der Waals surface area contributed by atoms with Gasteiger partial charge < -0.3 is 14.8 Å². The first kappa shape index (κ1) is 21.1. The molecule has 1 amide bonds. The van der Waals surface area contributed by atoms with Crippen molar-refractivity contribution in [2.24, 2.45) is 0 Å². The number of aryl methyl sites for hydroxylation is 1. The Kier molecular flexibility index (Phi) is 7.21. The second-order valence-corrected chi connectivity index (χ2v) is 6.64. The second-order valence-electron chi connectivity index (χ2n) is 6.64. The molecule has 1 heterocycles. The minimum atomic E-state index is -0.256. The summed E-state index contributed by atoms with van der Waals surface area (Å²) in [6.45, 7) is 2.53. The molecule has 7 nitrogen and oxygen atoms in total. The average Bonchev–Trinajstić information content (AvgIpc) is 2.79. The number of ether oxygens (including phenoxy) is 2. The number of nitrogens with one attached hydrogen (secondary N) is 1. The molecule has 0 unspecified atom stereocenters. The van der Waals surface area contributed by atoms with Gasteiger partial charge in [-0.2, -0.15) is 5.10 Å². The summed E-state index contributed by atoms with van der Waals surface area (Å²) in [6.07, 6.45) is 0.952. The van der Waals surface area contributed by atoms with Crippen LogP contribution in [0.4, 0.5) is 0 Å². The van der Waals surface area contributed by atoms with Crippen LogP contribution in [0.15, 0.2) is 65.5 Å². The van der Waals surface area contributed by atoms with Crippen LogP contribution in [-0.2, 0) is 17.8 Å². The summed E-state index contributed by atoms with van der Waals surface area (Å²) in [4.78, 5) is 24.1. The van der Waals surface area contributed by atoms with Crippen LogP contribution in [0.2, 0.25) is 0 Å². The smallest absolute Gasteiger partial charge is 0.266 e. The topological polar surface area (TPSA) is 82.4 Å². The zero-order chi connectivity index (χ0) is 21.3. The van der Waals surface area contributed by atoms with Crippen molar-refractivity contribution in [2.45, 2.75) is 19.9 Å². The lowest BCUT2D eigenvalue weighted by Gasteiger charge is -2.10. The van der Waals surface area contributed by atoms with Gasteiger partial charge in [-0.3, -0.25) is 9.59 Å². The van der Waals surface area contributed by atoms with E-state index in [1.807, 2.05) is 48.5 Å². The summed E-state index contributed by atoms with van der Waals surface area (Å²) in [6, 6.07) is 18.2. The number of hydrogen-bond acceptors (Lipinski definition) is 5. The highest BCUT2D eigenvalue weighted by Crippen LogP contribution is 2.19. The average molecular weight is 407 g/mol. The summed E-state index contributed by atoms with van der Waals surface area (Å²) in [7, 11) is 1.61. The van der Waals surface area contributed by atoms with Gasteiger partial charge in [-0.1, -0.05) is 19.1 Å². The van der Waals surface area contributed by atoms with Crippen LogP contribution in [0, 0.1) is 0 Å². The normalized spacial score (nSPS) is 10.5. The van der Waals surface area contributed by atoms with Gasteiger partial charge in [0.15, 0.2) is 6.61 Å². The summed E-state index contributed by atoms with van der Waals surface area (Å²) >= 11 is 0. The van der Waals surface area contributed by atoms with Crippen LogP contribution < -0.4 is 20.3 Å². The van der Waals surface area contributed by atoms with Crippen LogP contribution in [-0.4, -0.2) is 35.9 Å². The maximum Gasteiger partial charge on any atom is 0.266 e. The molecule has 7 heteroatoms. The van der Waals surface area contributed by atoms with Crippen LogP contribution in [0.1, 0.15) is 12.5 Å². The number of carbonyl (C=O) groups excluding carboxylic acids is 1. The molecule has 2 aromatic carbocycles. The van der Waals surface area contributed by atoms with Crippen LogP contribution in [0.5, 0.6) is 11.5 Å². The van der Waals surface area contributed by atoms with Crippen molar-refractivity contribution in [3.63, 3.8) is 0 Å². The largest absolute Gasteiger partial charge is 0.497 e. The predicted octanol–water partition coefficient (Wildman–Crippen LogP) is 2.68. The van der Waals surface area contributed by atoms with Crippen molar-refractivity contribution < 1.29 is 14.3 Å². The molecule has 0 saturated heterocycles. The molecule has 0 aliphatic rings. The van der Waals surface area contributed by atoms with Gasteiger partial charge in [-0.05, 0) is 54.4 Å². The van der Waals surface area contributed by atoms with E-state index in [-0.39, 0.29) is 31.2 Å². The minimum Gasteiger partial charge on any atom is -0.497 e. The third kappa shape index (κ3) is 5.70. The highest BCUT2D eigenvalue weighted by Gasteiger charge is 2.06. The van der Waals surface area contributed by atoms with Crippen molar-refractivity contribution in [1.82, 2.24) is 15.1 Å². The Hall–Kier alpha value is -3.61. The molecule has 156 valence electrons. The Balaban J connectivity index is 1.52. The molecule has 0 spiro atoms. The Morgan fingerprint density at radius 1 is 1.00 bits per heavy atom. The maximum absolute atomic E-state index is 12.1. The first-order valence-corrected chi connectivity index (χ1v) is 9.80. The molecule has 1 N–H and O–H groups in total. The molecular formula is C23H25N3O4. The molecule has 0 aliphatic carbocycles. The molecule has 3 rings (SSSR count). The Morgan fingerprint density at radius 3 is 2.37 bits per heavy atom. The highest BCUT2D eigenvalue weighted by atomic mass is 16.5. The van der Waals surface area contributed by atoms with Gasteiger partial charge in [0.25, 0.3) is 11.5 Å². The summed E-state index contributed by atoms with van der Waals surface area (Å²) in [5, 5.41) is 7.13. The Labute approximate surface area is 175 Å². The highest BCUT2D eigenvalue weighted by molar-refractivity contribution is 5.77. The predicted molar refractivity (Wildman–Crippen MR) is 115 cm³/mol. The fraction of sp³-hybridized carbons (Fsp3) is 0.261. The van der Waals surface area contributed by atoms with Crippen LogP contribution in [0.25, 0.3) is 11.3 Å². The quantitative estimate of drug-likeness (QED) is 0.590. The number of benzene rings is 2. The van der Waals surface area contributed by atoms with Crippen LogP contribution in [0.3, 0.4) is 0 Å². The lowest BCUT2D eigenvalue weighted by Crippen LogP contribution is -2.34. The van der Waals surface area contributed by atoms with E-state index in [1.54, 1.807) is 13.2 Å². The Morgan fingerprint density at radius 2 is 1.70 bits per heavy atom. The molecule has 1 aromatic heterocycles. The van der Waals surface area contributed by atoms with Crippen molar-refractivity contribution >= 4 is 5.91 Å². The summed E-state index contributed by atoms with van der Waals surface area (Å²) < 4.78 is 12.0. The van der Waals surface area contributed by atoms with Gasteiger partial charge in [0.1, 0.15) is 11.5 Å². The van der Waals surface area contributed by atoms with Gasteiger partial charge >= 0.3 is 0 Å². The van der Waals surface area contributed by atoms with Crippen molar-refractivity contribution in [3.8, 4) is 22.8 Å². The third-order valence-corrected chi connectivity index (χ3v) is 4.60. The molecule has 0 bridgehead atoms. The SMILES string of the molecule is CCc1ccc(OCC(=O)NCCn2nc(-c3ccc(OC)cc3)ccc2=O)cc1. The summed E-state index contributed by atoms with van der Waals surface area (Å²) in [5.74, 6) is 1.14. The van der Waals surface area contributed by atoms with Gasteiger partial charge in [-0.15, -0.1) is 0 Å². The fourth-order valence-electron chi connectivity index (χ4n) is 2.85. The molecular weight excluding hydrogens is 382 g/mol. The zero-order valence-electron chi connectivity index (χ0n) is 17.1. The first-order valence-electron chi connectivity index (χ1n) is 9.80. The van der Waals surface area contributed by atoms with Gasteiger partial charge in [0.05, 0.1) is 19.3 Å². The standard InChI is InChI=1S/C23H25N3O4/c1-3-17-4-8-20(9-5-17)30-16-22(27)24-14-15-26-23(28)13-12-21(25-26)18-6-10-19(29-2)11-7-18/h4-13H,3,14-16H2,1-2H3,(H,24,27). The van der Waals surface area contributed by atoms with E-state index in [0.29, 0.717) is 11.4 Å². The number of aromatic nitrogens is 2. The van der Waals surface area contributed by atoms with Crippen molar-refractivity contribution in [3.05, 3.63) is 76.6 Å². The van der Waals surface area contributed by atoms with E-state index in [4.69, 9.17) is 9.47 Å². The number of rotatable bonds is 9. The van der Waals surface area contributed by atoms with Gasteiger partial charge in [-0.25, -0.2) is 4.68 Å². The van der Waals surface area contributed by atoms with E-state index < -0.39 is 0 Å². The molecule has 0 aliphatic heterocycles. The second kappa shape index (κ2) is 10.2. The van der Waals surface area contributed by atoms with Crippen LogP contribution >= 0.6 is 0 Å². The van der Waals surface area contributed by atoms with E-state index in [0.717, 1.165) is 17.7 Å². The zero-order valence-corrected chi connectivity index (χ0v) is 17.1. The first-order chi connectivity index (χ1) is 14.6. The number of hydrogen-bond donors (Lipinski definition) is 1. The lowest BCUT2D eigenvalue weighted by molar-refractivity contribution is -0.123. The fourth-order valence-corrected chi connectivity index (χ4v) is 2.85. The van der Waals surface area contributed by atoms with E-state index in [1.165, 1.54) is 16.3 Å². The maximum atomic E-state index is 12.1. The number of nitrogens with zero attached hydrogens (tertiary/aromatic N) is 2. The van der Waals surface area contributed by atoms with Gasteiger partial charge in [0.2, 0.25) is 0 Å².